The summed E-state index contributed by atoms with van der Waals surface area (Å²) in [5, 5.41) is 5.19. The minimum absolute atomic E-state index is 0. The Balaban J connectivity index is 0.00000530. The number of imidazole rings is 1. The normalized spacial score (nSPS) is 14.3. The van der Waals surface area contributed by atoms with Gasteiger partial charge in [-0.25, -0.2) is 0 Å². The summed E-state index contributed by atoms with van der Waals surface area (Å²) in [4.78, 5) is 5.01. The predicted molar refractivity (Wildman–Crippen MR) is 298 cm³/mol. The van der Waals surface area contributed by atoms with Crippen LogP contribution in [0.2, 0.25) is 33.5 Å². The van der Waals surface area contributed by atoms with Crippen LogP contribution in [0.15, 0.2) is 176 Å². The summed E-state index contributed by atoms with van der Waals surface area (Å²) in [5.74, 6) is 12.5. The predicted octanol–water partition coefficient (Wildman–Crippen LogP) is 14.7. The number of aromatic nitrogens is 4. The number of hydrogen-bond acceptors (Lipinski definition) is 2. The van der Waals surface area contributed by atoms with E-state index in [2.05, 4.69) is 228 Å². The van der Waals surface area contributed by atoms with Gasteiger partial charge < -0.3 is 4.57 Å². The number of fused-ring (bicyclic) bond motifs is 11. The zero-order valence-electron chi connectivity index (χ0n) is 41.7. The van der Waals surface area contributed by atoms with Crippen LogP contribution in [0.25, 0.3) is 94.5 Å². The van der Waals surface area contributed by atoms with Gasteiger partial charge in [-0.15, -0.1) is 12.1 Å². The molecule has 8 aromatic carbocycles. The Bertz CT molecular complexity index is 3990. The molecule has 0 fully saturated rings. The summed E-state index contributed by atoms with van der Waals surface area (Å²) in [5.41, 5.74) is 16.8. The van der Waals surface area contributed by atoms with Crippen molar-refractivity contribution in [2.75, 3.05) is 0 Å². The van der Waals surface area contributed by atoms with Gasteiger partial charge >= 0.3 is 217 Å². The van der Waals surface area contributed by atoms with Gasteiger partial charge in [-0.1, -0.05) is 106 Å². The molecule has 356 valence electrons. The minimum Gasteiger partial charge on any atom is 0 e. The number of rotatable bonds is 5. The van der Waals surface area contributed by atoms with Crippen molar-refractivity contribution in [1.29, 1.82) is 0 Å². The first-order chi connectivity index (χ1) is 34.3. The molecular formula is C64H54Ge2N4OPt-2. The van der Waals surface area contributed by atoms with Crippen LogP contribution >= 0.6 is 0 Å². The summed E-state index contributed by atoms with van der Waals surface area (Å²) in [6.07, 6.45) is 5.74. The Morgan fingerprint density at radius 3 is 1.93 bits per heavy atom. The van der Waals surface area contributed by atoms with Crippen molar-refractivity contribution in [3.63, 3.8) is 0 Å². The number of benzene rings is 8. The van der Waals surface area contributed by atoms with Gasteiger partial charge in [0.15, 0.2) is 0 Å². The van der Waals surface area contributed by atoms with E-state index in [1.807, 2.05) is 24.4 Å². The van der Waals surface area contributed by atoms with Gasteiger partial charge in [0.2, 0.25) is 0 Å². The van der Waals surface area contributed by atoms with Crippen LogP contribution in [0, 0.1) is 18.5 Å². The summed E-state index contributed by atoms with van der Waals surface area (Å²) >= 11 is -4.14. The van der Waals surface area contributed by atoms with E-state index in [9.17, 15) is 0 Å². The molecule has 0 N–H and O–H groups in total. The SMILES string of the molecule is CC(C)(C)c1ccnc(-n2c3[c-]c(Oc4[c-]c(-n5[c-][n+]6c7c(cccc75)-c5ccccc5-c5ccccc5-c5ccccc5-6)ccc4)ccc3c3cc(-c4cc[c]5[c](c4)[Ge]([CH3])([CH3])[CH2][CH2][Ge]5([CH3])[CH3])ccc32)c1.[Pt]. The van der Waals surface area contributed by atoms with E-state index in [4.69, 9.17) is 9.72 Å². The molecule has 0 atom stereocenters. The van der Waals surface area contributed by atoms with Crippen molar-refractivity contribution in [1.82, 2.24) is 14.1 Å². The number of hydrogen-bond donors (Lipinski definition) is 0. The maximum absolute atomic E-state index is 6.81. The van der Waals surface area contributed by atoms with Crippen LogP contribution < -0.4 is 18.1 Å². The molecule has 0 unspecified atom stereocenters. The first-order valence-electron chi connectivity index (χ1n) is 24.9. The van der Waals surface area contributed by atoms with E-state index in [0.29, 0.717) is 11.5 Å². The van der Waals surface area contributed by atoms with Crippen molar-refractivity contribution >= 4 is 68.2 Å². The molecule has 0 saturated heterocycles. The first kappa shape index (κ1) is 46.8. The van der Waals surface area contributed by atoms with Crippen LogP contribution in [-0.2, 0) is 26.5 Å². The van der Waals surface area contributed by atoms with Crippen LogP contribution in [0.3, 0.4) is 0 Å². The molecule has 11 aromatic rings. The van der Waals surface area contributed by atoms with Gasteiger partial charge in [-0.05, 0) is 45.1 Å². The van der Waals surface area contributed by atoms with Crippen molar-refractivity contribution < 1.29 is 30.4 Å². The molecular weight excluding hydrogens is 1180 g/mol. The van der Waals surface area contributed by atoms with Gasteiger partial charge in [0.05, 0.1) is 16.7 Å². The molecule has 2 aliphatic heterocycles. The maximum atomic E-state index is 6.81. The average molecular weight is 1240 g/mol. The fraction of sp³-hybridized carbons (Fsp3) is 0.156. The fourth-order valence-corrected chi connectivity index (χ4v) is 41.9. The molecule has 3 aromatic heterocycles. The average Bonchev–Trinajstić information content (AvgIpc) is 3.94. The molecule has 8 heteroatoms. The van der Waals surface area contributed by atoms with Crippen LogP contribution in [0.1, 0.15) is 26.3 Å². The van der Waals surface area contributed by atoms with E-state index in [1.54, 1.807) is 8.79 Å². The van der Waals surface area contributed by atoms with E-state index < -0.39 is 26.5 Å². The third-order valence-corrected chi connectivity index (χ3v) is 32.9. The van der Waals surface area contributed by atoms with Crippen LogP contribution in [0.5, 0.6) is 11.5 Å². The molecule has 0 bridgehead atoms. The monoisotopic (exact) mass is 1240 g/mol. The molecule has 0 aliphatic carbocycles. The molecule has 72 heavy (non-hydrogen) atoms. The zero-order valence-corrected chi connectivity index (χ0v) is 48.1. The van der Waals surface area contributed by atoms with Crippen molar-refractivity contribution in [3.8, 4) is 73.2 Å². The fourth-order valence-electron chi connectivity index (χ4n) is 11.4. The van der Waals surface area contributed by atoms with Crippen molar-refractivity contribution in [2.45, 2.75) is 59.7 Å². The second-order valence-electron chi connectivity index (χ2n) is 21.9. The molecule has 0 radical (unpaired) electrons. The Kier molecular flexibility index (Phi) is 11.4. The van der Waals surface area contributed by atoms with Crippen molar-refractivity contribution in [2.24, 2.45) is 0 Å². The van der Waals surface area contributed by atoms with Gasteiger partial charge in [-0.3, -0.25) is 4.57 Å². The Morgan fingerprint density at radius 1 is 0.556 bits per heavy atom. The largest absolute Gasteiger partial charge is 0 e. The van der Waals surface area contributed by atoms with Gasteiger partial charge in [-0.2, -0.15) is 12.1 Å². The molecule has 5 heterocycles. The smallest absolute Gasteiger partial charge is 0 e. The number of pyridine rings is 1. The van der Waals surface area contributed by atoms with Gasteiger partial charge in [0.1, 0.15) is 0 Å². The van der Waals surface area contributed by atoms with E-state index in [1.165, 1.54) is 54.8 Å². The Morgan fingerprint density at radius 2 is 1.18 bits per heavy atom. The molecule has 5 nitrogen and oxygen atoms in total. The Hall–Kier alpha value is -6.25. The quantitative estimate of drug-likeness (QED) is 0.0978. The van der Waals surface area contributed by atoms with Gasteiger partial charge in [0, 0.05) is 21.1 Å². The maximum Gasteiger partial charge on any atom is 0 e. The first-order valence-corrected chi connectivity index (χ1v) is 38.4. The summed E-state index contributed by atoms with van der Waals surface area (Å²) in [7, 11) is 0. The Labute approximate surface area is 442 Å². The molecule has 0 saturated carbocycles. The van der Waals surface area contributed by atoms with E-state index in [-0.39, 0.29) is 26.5 Å². The van der Waals surface area contributed by atoms with Gasteiger partial charge in [0.25, 0.3) is 6.33 Å². The minimum atomic E-state index is -2.12. The summed E-state index contributed by atoms with van der Waals surface area (Å²) < 4.78 is 16.9. The van der Waals surface area contributed by atoms with E-state index >= 15 is 0 Å². The second kappa shape index (κ2) is 17.5. The molecule has 0 amide bonds. The second-order valence-corrected chi connectivity index (χ2v) is 42.1. The summed E-state index contributed by atoms with van der Waals surface area (Å²) in [6.45, 7) is 6.76. The third kappa shape index (κ3) is 7.68. The molecule has 13 rings (SSSR count). The molecule has 0 spiro atoms. The molecule has 2 aliphatic rings. The number of para-hydroxylation sites is 2. The zero-order chi connectivity index (χ0) is 48.4. The van der Waals surface area contributed by atoms with Crippen LogP contribution in [0.4, 0.5) is 0 Å². The number of nitrogens with zero attached hydrogens (tertiary/aromatic N) is 4. The third-order valence-electron chi connectivity index (χ3n) is 15.4. The number of ether oxygens (including phenoxy) is 1. The van der Waals surface area contributed by atoms with Crippen molar-refractivity contribution in [3.05, 3.63) is 200 Å². The van der Waals surface area contributed by atoms with E-state index in [0.717, 1.165) is 55.8 Å². The van der Waals surface area contributed by atoms with Crippen LogP contribution in [-0.4, -0.2) is 40.7 Å². The summed E-state index contributed by atoms with van der Waals surface area (Å²) in [6, 6.07) is 69.2. The topological polar surface area (TPSA) is 35.9 Å². The standard InChI is InChI=1S/C64H54Ge2N4O.Pt/c1-64(2,3)44-32-35-67-62(38-44)70-59-31-27-42(43-26-30-56-57(37-43)66(6,7)34-33-65(56,4)5)36-55(59)53-29-28-47(40-61(53)70)71-46-17-14-16-45(39-46)68-41-69-58-24-13-12-22-52(58)50-20-10-8-18-48(50)49-19-9-11-21-51(49)54-23-15-25-60(68)63(54)69;/h8-32,35-38H,33-34H2,1-7H3;/q-2;.